The molecule has 3 N–H and O–H groups in total. The first kappa shape index (κ1) is 13.5. The van der Waals surface area contributed by atoms with Crippen LogP contribution in [0, 0.1) is 0 Å². The maximum absolute atomic E-state index is 12.1. The van der Waals surface area contributed by atoms with Gasteiger partial charge in [0.2, 0.25) is 0 Å². The van der Waals surface area contributed by atoms with Gasteiger partial charge in [0.1, 0.15) is 0 Å². The molecular formula is C11H14BrN3O2. The van der Waals surface area contributed by atoms with Gasteiger partial charge in [-0.15, -0.1) is 0 Å². The van der Waals surface area contributed by atoms with Crippen LogP contribution in [0.4, 0.5) is 0 Å². The van der Waals surface area contributed by atoms with E-state index in [4.69, 9.17) is 10.9 Å². The van der Waals surface area contributed by atoms with E-state index in [1.165, 1.54) is 4.90 Å². The summed E-state index contributed by atoms with van der Waals surface area (Å²) >= 11 is 3.31. The molecule has 1 amide bonds. The maximum atomic E-state index is 12.1. The van der Waals surface area contributed by atoms with Crippen LogP contribution in [0.3, 0.4) is 0 Å². The number of benzene rings is 1. The molecule has 0 aliphatic rings. The van der Waals surface area contributed by atoms with Crippen molar-refractivity contribution in [2.75, 3.05) is 7.05 Å². The Kier molecular flexibility index (Phi) is 4.51. The number of amidine groups is 1. The van der Waals surface area contributed by atoms with Crippen molar-refractivity contribution in [3.8, 4) is 0 Å². The van der Waals surface area contributed by atoms with Crippen LogP contribution in [0.1, 0.15) is 17.3 Å². The highest BCUT2D eigenvalue weighted by atomic mass is 79.9. The lowest BCUT2D eigenvalue weighted by Gasteiger charge is -2.24. The van der Waals surface area contributed by atoms with Crippen molar-refractivity contribution >= 4 is 27.7 Å². The summed E-state index contributed by atoms with van der Waals surface area (Å²) < 4.78 is 0.712. The fourth-order valence-electron chi connectivity index (χ4n) is 1.28. The molecule has 0 fully saturated rings. The molecule has 6 heteroatoms. The van der Waals surface area contributed by atoms with Crippen LogP contribution < -0.4 is 5.73 Å². The van der Waals surface area contributed by atoms with E-state index in [1.54, 1.807) is 32.2 Å². The normalized spacial score (nSPS) is 13.2. The molecule has 1 atom stereocenters. The summed E-state index contributed by atoms with van der Waals surface area (Å²) in [5, 5.41) is 11.5. The number of rotatable bonds is 3. The average Bonchev–Trinajstić information content (AvgIpc) is 2.35. The molecule has 1 unspecified atom stereocenters. The molecule has 0 saturated heterocycles. The lowest BCUT2D eigenvalue weighted by molar-refractivity contribution is 0.0775. The van der Waals surface area contributed by atoms with E-state index in [1.807, 2.05) is 6.07 Å². The molecule has 0 aliphatic heterocycles. The summed E-state index contributed by atoms with van der Waals surface area (Å²) in [7, 11) is 1.60. The second kappa shape index (κ2) is 5.67. The molecule has 92 valence electrons. The van der Waals surface area contributed by atoms with Crippen molar-refractivity contribution in [1.29, 1.82) is 0 Å². The fourth-order valence-corrected chi connectivity index (χ4v) is 1.74. The van der Waals surface area contributed by atoms with Crippen molar-refractivity contribution in [2.24, 2.45) is 10.9 Å². The predicted molar refractivity (Wildman–Crippen MR) is 69.1 cm³/mol. The monoisotopic (exact) mass is 299 g/mol. The highest BCUT2D eigenvalue weighted by molar-refractivity contribution is 9.10. The van der Waals surface area contributed by atoms with Gasteiger partial charge in [0.25, 0.3) is 5.91 Å². The Morgan fingerprint density at radius 1 is 1.53 bits per heavy atom. The fraction of sp³-hybridized carbons (Fsp3) is 0.273. The molecule has 0 radical (unpaired) electrons. The summed E-state index contributed by atoms with van der Waals surface area (Å²) in [6.45, 7) is 1.68. The van der Waals surface area contributed by atoms with Gasteiger partial charge in [-0.3, -0.25) is 4.79 Å². The molecule has 0 bridgehead atoms. The van der Waals surface area contributed by atoms with Gasteiger partial charge < -0.3 is 15.8 Å². The minimum atomic E-state index is -0.473. The van der Waals surface area contributed by atoms with E-state index in [2.05, 4.69) is 21.1 Å². The van der Waals surface area contributed by atoms with E-state index < -0.39 is 6.04 Å². The zero-order valence-electron chi connectivity index (χ0n) is 9.59. The SMILES string of the molecule is CC(C(N)=NO)N(C)C(=O)c1ccccc1Br. The largest absolute Gasteiger partial charge is 0.409 e. The predicted octanol–water partition coefficient (Wildman–Crippen LogP) is 1.66. The first-order valence-corrected chi connectivity index (χ1v) is 5.77. The number of oxime groups is 1. The summed E-state index contributed by atoms with van der Waals surface area (Å²) in [6, 6.07) is 6.63. The second-order valence-electron chi connectivity index (χ2n) is 3.60. The smallest absolute Gasteiger partial charge is 0.255 e. The standard InChI is InChI=1S/C11H14BrN3O2/c1-7(10(13)14-17)15(2)11(16)8-5-3-4-6-9(8)12/h3-7,17H,1-2H3,(H2,13,14). The number of hydrogen-bond acceptors (Lipinski definition) is 3. The van der Waals surface area contributed by atoms with Crippen molar-refractivity contribution in [2.45, 2.75) is 13.0 Å². The van der Waals surface area contributed by atoms with Crippen LogP contribution in [0.5, 0.6) is 0 Å². The number of nitrogens with two attached hydrogens (primary N) is 1. The summed E-state index contributed by atoms with van der Waals surface area (Å²) in [5.74, 6) is -0.204. The Balaban J connectivity index is 2.95. The number of likely N-dealkylation sites (N-methyl/N-ethyl adjacent to an activating group) is 1. The van der Waals surface area contributed by atoms with Crippen molar-refractivity contribution in [1.82, 2.24) is 4.90 Å². The molecule has 1 aromatic rings. The van der Waals surface area contributed by atoms with Gasteiger partial charge in [0.05, 0.1) is 11.6 Å². The number of nitrogens with zero attached hydrogens (tertiary/aromatic N) is 2. The first-order valence-electron chi connectivity index (χ1n) is 4.98. The van der Waals surface area contributed by atoms with Crippen LogP contribution in [0.25, 0.3) is 0 Å². The third-order valence-corrected chi connectivity index (χ3v) is 3.24. The quantitative estimate of drug-likeness (QED) is 0.385. The average molecular weight is 300 g/mol. The van der Waals surface area contributed by atoms with Gasteiger partial charge in [-0.2, -0.15) is 0 Å². The van der Waals surface area contributed by atoms with E-state index in [9.17, 15) is 4.79 Å². The van der Waals surface area contributed by atoms with Crippen molar-refractivity contribution in [3.05, 3.63) is 34.3 Å². The van der Waals surface area contributed by atoms with Gasteiger partial charge >= 0.3 is 0 Å². The maximum Gasteiger partial charge on any atom is 0.255 e. The van der Waals surface area contributed by atoms with Crippen molar-refractivity contribution in [3.63, 3.8) is 0 Å². The molecule has 0 heterocycles. The highest BCUT2D eigenvalue weighted by Gasteiger charge is 2.21. The van der Waals surface area contributed by atoms with E-state index in [0.29, 0.717) is 10.0 Å². The van der Waals surface area contributed by atoms with Crippen LogP contribution in [0.2, 0.25) is 0 Å². The third-order valence-electron chi connectivity index (χ3n) is 2.55. The topological polar surface area (TPSA) is 78.9 Å². The lowest BCUT2D eigenvalue weighted by atomic mass is 10.1. The zero-order valence-corrected chi connectivity index (χ0v) is 11.2. The first-order chi connectivity index (χ1) is 7.99. The van der Waals surface area contributed by atoms with Gasteiger partial charge in [-0.05, 0) is 35.0 Å². The number of hydrogen-bond donors (Lipinski definition) is 2. The highest BCUT2D eigenvalue weighted by Crippen LogP contribution is 2.18. The Bertz CT molecular complexity index is 448. The van der Waals surface area contributed by atoms with Crippen molar-refractivity contribution < 1.29 is 10.0 Å². The minimum Gasteiger partial charge on any atom is -0.409 e. The molecule has 0 aliphatic carbocycles. The minimum absolute atomic E-state index is 0.00657. The van der Waals surface area contributed by atoms with Gasteiger partial charge in [-0.1, -0.05) is 17.3 Å². The van der Waals surface area contributed by atoms with E-state index in [-0.39, 0.29) is 11.7 Å². The molecule has 17 heavy (non-hydrogen) atoms. The zero-order chi connectivity index (χ0) is 13.0. The van der Waals surface area contributed by atoms with Gasteiger partial charge in [-0.25, -0.2) is 0 Å². The Hall–Kier alpha value is -1.56. The third kappa shape index (κ3) is 2.97. The molecule has 0 spiro atoms. The molecule has 1 rings (SSSR count). The number of carbonyl (C=O) groups is 1. The van der Waals surface area contributed by atoms with Crippen LogP contribution in [-0.2, 0) is 0 Å². The van der Waals surface area contributed by atoms with Gasteiger partial charge in [0.15, 0.2) is 5.84 Å². The van der Waals surface area contributed by atoms with Crippen LogP contribution in [-0.4, -0.2) is 34.9 Å². The van der Waals surface area contributed by atoms with Gasteiger partial charge in [0, 0.05) is 11.5 Å². The number of carbonyl (C=O) groups excluding carboxylic acids is 1. The van der Waals surface area contributed by atoms with E-state index in [0.717, 1.165) is 0 Å². The molecule has 5 nitrogen and oxygen atoms in total. The molecular weight excluding hydrogens is 286 g/mol. The number of halogens is 1. The molecule has 1 aromatic carbocycles. The van der Waals surface area contributed by atoms with Crippen LogP contribution >= 0.6 is 15.9 Å². The Morgan fingerprint density at radius 2 is 2.12 bits per heavy atom. The lowest BCUT2D eigenvalue weighted by Crippen LogP contribution is -2.43. The Morgan fingerprint density at radius 3 is 2.65 bits per heavy atom. The second-order valence-corrected chi connectivity index (χ2v) is 4.45. The Labute approximate surface area is 108 Å². The summed E-state index contributed by atoms with van der Waals surface area (Å²) in [5.41, 5.74) is 6.00. The summed E-state index contributed by atoms with van der Waals surface area (Å²) in [4.78, 5) is 13.5. The summed E-state index contributed by atoms with van der Waals surface area (Å²) in [6.07, 6.45) is 0. The van der Waals surface area contributed by atoms with Crippen LogP contribution in [0.15, 0.2) is 33.9 Å². The molecule has 0 saturated carbocycles. The number of amides is 1. The van der Waals surface area contributed by atoms with E-state index >= 15 is 0 Å². The molecule has 0 aromatic heterocycles.